The van der Waals surface area contributed by atoms with Crippen LogP contribution in [0.15, 0.2) is 18.2 Å². The van der Waals surface area contributed by atoms with Crippen molar-refractivity contribution in [3.8, 4) is 0 Å². The number of nitrogens with zero attached hydrogens (tertiary/aromatic N) is 1. The summed E-state index contributed by atoms with van der Waals surface area (Å²) >= 11 is 6.27. The molecular formula is C13H15ClN2O. The number of carbonyl (C=O) groups excluding carboxylic acids is 1. The summed E-state index contributed by atoms with van der Waals surface area (Å²) in [5.41, 5.74) is 1.85. The van der Waals surface area contributed by atoms with Crippen LogP contribution in [0, 0.1) is 0 Å². The molecule has 1 N–H and O–H groups in total. The van der Waals surface area contributed by atoms with E-state index in [4.69, 9.17) is 11.6 Å². The molecule has 90 valence electrons. The molecule has 1 aliphatic heterocycles. The van der Waals surface area contributed by atoms with E-state index < -0.39 is 0 Å². The van der Waals surface area contributed by atoms with Crippen molar-refractivity contribution in [2.45, 2.75) is 31.7 Å². The number of fused-ring (bicyclic) bond motifs is 1. The van der Waals surface area contributed by atoms with E-state index in [9.17, 15) is 4.79 Å². The highest BCUT2D eigenvalue weighted by molar-refractivity contribution is 6.34. The Bertz CT molecular complexity index is 455. The molecule has 3 nitrogen and oxygen atoms in total. The number of hydrogen-bond donors (Lipinski definition) is 1. The number of hydrogen-bond acceptors (Lipinski definition) is 2. The lowest BCUT2D eigenvalue weighted by Gasteiger charge is -2.36. The molecule has 1 saturated carbocycles. The molecule has 2 aliphatic rings. The molecule has 0 spiro atoms. The standard InChI is InChI=1S/C13H15ClN2O/c14-10-6-3-7-11-13(10)16(8-12(17)15-11)9-4-1-2-5-9/h3,6-7,9H,1-2,4-5,8H2,(H,15,17). The van der Waals surface area contributed by atoms with E-state index in [0.29, 0.717) is 12.6 Å². The van der Waals surface area contributed by atoms with Gasteiger partial charge in [-0.2, -0.15) is 0 Å². The zero-order valence-electron chi connectivity index (χ0n) is 9.58. The Balaban J connectivity index is 2.03. The topological polar surface area (TPSA) is 32.3 Å². The molecule has 3 rings (SSSR count). The third kappa shape index (κ3) is 1.89. The molecule has 0 radical (unpaired) electrons. The summed E-state index contributed by atoms with van der Waals surface area (Å²) in [7, 11) is 0. The second-order valence-corrected chi connectivity index (χ2v) is 5.16. The first-order valence-electron chi connectivity index (χ1n) is 6.11. The molecule has 17 heavy (non-hydrogen) atoms. The van der Waals surface area contributed by atoms with E-state index >= 15 is 0 Å². The fourth-order valence-corrected chi connectivity index (χ4v) is 3.14. The van der Waals surface area contributed by atoms with Crippen LogP contribution in [0.1, 0.15) is 25.7 Å². The lowest BCUT2D eigenvalue weighted by atomic mass is 10.1. The summed E-state index contributed by atoms with van der Waals surface area (Å²) in [5, 5.41) is 3.62. The molecule has 0 unspecified atom stereocenters. The fraction of sp³-hybridized carbons (Fsp3) is 0.462. The minimum atomic E-state index is 0.0617. The minimum Gasteiger partial charge on any atom is -0.356 e. The van der Waals surface area contributed by atoms with Crippen molar-refractivity contribution in [3.63, 3.8) is 0 Å². The molecule has 1 fully saturated rings. The van der Waals surface area contributed by atoms with E-state index in [2.05, 4.69) is 10.2 Å². The van der Waals surface area contributed by atoms with Gasteiger partial charge in [0.15, 0.2) is 0 Å². The van der Waals surface area contributed by atoms with Crippen LogP contribution in [0.3, 0.4) is 0 Å². The summed E-state index contributed by atoms with van der Waals surface area (Å²) in [5.74, 6) is 0.0617. The largest absolute Gasteiger partial charge is 0.356 e. The smallest absolute Gasteiger partial charge is 0.243 e. The Kier molecular flexibility index (Phi) is 2.71. The zero-order valence-corrected chi connectivity index (χ0v) is 10.3. The van der Waals surface area contributed by atoms with Crippen molar-refractivity contribution in [1.29, 1.82) is 0 Å². The minimum absolute atomic E-state index is 0.0617. The first kappa shape index (κ1) is 10.9. The second kappa shape index (κ2) is 4.22. The van der Waals surface area contributed by atoms with Crippen molar-refractivity contribution in [3.05, 3.63) is 23.2 Å². The first-order chi connectivity index (χ1) is 8.25. The van der Waals surface area contributed by atoms with Crippen molar-refractivity contribution in [1.82, 2.24) is 0 Å². The quantitative estimate of drug-likeness (QED) is 0.831. The highest BCUT2D eigenvalue weighted by atomic mass is 35.5. The van der Waals surface area contributed by atoms with Gasteiger partial charge < -0.3 is 10.2 Å². The maximum absolute atomic E-state index is 11.7. The Labute approximate surface area is 106 Å². The van der Waals surface area contributed by atoms with Gasteiger partial charge in [-0.1, -0.05) is 30.5 Å². The first-order valence-corrected chi connectivity index (χ1v) is 6.48. The zero-order chi connectivity index (χ0) is 11.8. The van der Waals surface area contributed by atoms with Gasteiger partial charge in [0.2, 0.25) is 5.91 Å². The van der Waals surface area contributed by atoms with Gasteiger partial charge in [-0.25, -0.2) is 0 Å². The highest BCUT2D eigenvalue weighted by Gasteiger charge is 2.31. The van der Waals surface area contributed by atoms with Crippen LogP contribution in [-0.2, 0) is 4.79 Å². The number of anilines is 2. The number of benzene rings is 1. The number of rotatable bonds is 1. The van der Waals surface area contributed by atoms with Crippen molar-refractivity contribution >= 4 is 28.9 Å². The van der Waals surface area contributed by atoms with Crippen LogP contribution < -0.4 is 10.2 Å². The molecule has 1 aromatic rings. The molecule has 0 aromatic heterocycles. The average Bonchev–Trinajstić information content (AvgIpc) is 2.81. The number of nitrogens with one attached hydrogen (secondary N) is 1. The second-order valence-electron chi connectivity index (χ2n) is 4.75. The van der Waals surface area contributed by atoms with Crippen LogP contribution in [0.5, 0.6) is 0 Å². The van der Waals surface area contributed by atoms with Crippen LogP contribution in [0.4, 0.5) is 11.4 Å². The lowest BCUT2D eigenvalue weighted by molar-refractivity contribution is -0.115. The van der Waals surface area contributed by atoms with Gasteiger partial charge in [0.25, 0.3) is 0 Å². The van der Waals surface area contributed by atoms with Crippen molar-refractivity contribution < 1.29 is 4.79 Å². The Morgan fingerprint density at radius 2 is 2.06 bits per heavy atom. The van der Waals surface area contributed by atoms with Gasteiger partial charge in [-0.05, 0) is 25.0 Å². The summed E-state index contributed by atoms with van der Waals surface area (Å²) in [6.07, 6.45) is 4.83. The van der Waals surface area contributed by atoms with Gasteiger partial charge >= 0.3 is 0 Å². The number of halogens is 1. The normalized spacial score (nSPS) is 20.3. The predicted octanol–water partition coefficient (Wildman–Crippen LogP) is 3.04. The van der Waals surface area contributed by atoms with Gasteiger partial charge in [0.1, 0.15) is 0 Å². The third-order valence-electron chi connectivity index (χ3n) is 3.63. The molecular weight excluding hydrogens is 236 g/mol. The van der Waals surface area contributed by atoms with Gasteiger partial charge in [-0.3, -0.25) is 4.79 Å². The van der Waals surface area contributed by atoms with E-state index in [1.54, 1.807) is 0 Å². The van der Waals surface area contributed by atoms with Crippen LogP contribution >= 0.6 is 11.6 Å². The molecule has 1 aliphatic carbocycles. The average molecular weight is 251 g/mol. The maximum Gasteiger partial charge on any atom is 0.243 e. The molecule has 0 saturated heterocycles. The van der Waals surface area contributed by atoms with E-state index in [1.807, 2.05) is 18.2 Å². The lowest BCUT2D eigenvalue weighted by Crippen LogP contribution is -2.43. The Hall–Kier alpha value is -1.22. The summed E-state index contributed by atoms with van der Waals surface area (Å²) in [4.78, 5) is 13.9. The molecule has 0 atom stereocenters. The van der Waals surface area contributed by atoms with Gasteiger partial charge in [0, 0.05) is 6.04 Å². The highest BCUT2D eigenvalue weighted by Crippen LogP contribution is 2.40. The summed E-state index contributed by atoms with van der Waals surface area (Å²) < 4.78 is 0. The number of amides is 1. The fourth-order valence-electron chi connectivity index (χ4n) is 2.86. The summed E-state index contributed by atoms with van der Waals surface area (Å²) in [6, 6.07) is 6.15. The van der Waals surface area contributed by atoms with Crippen molar-refractivity contribution in [2.75, 3.05) is 16.8 Å². The predicted molar refractivity (Wildman–Crippen MR) is 69.7 cm³/mol. The van der Waals surface area contributed by atoms with E-state index in [-0.39, 0.29) is 5.91 Å². The SMILES string of the molecule is O=C1CN(C2CCCC2)c2c(Cl)cccc2N1. The van der Waals surface area contributed by atoms with Crippen LogP contribution in [-0.4, -0.2) is 18.5 Å². The van der Waals surface area contributed by atoms with Crippen LogP contribution in [0.2, 0.25) is 5.02 Å². The number of carbonyl (C=O) groups is 1. The molecule has 4 heteroatoms. The van der Waals surface area contributed by atoms with Crippen LogP contribution in [0.25, 0.3) is 0 Å². The molecule has 1 aromatic carbocycles. The van der Waals surface area contributed by atoms with E-state index in [1.165, 1.54) is 12.8 Å². The van der Waals surface area contributed by atoms with Gasteiger partial charge in [0.05, 0.1) is 22.9 Å². The number of para-hydroxylation sites is 1. The molecule has 1 heterocycles. The van der Waals surface area contributed by atoms with E-state index in [0.717, 1.165) is 29.2 Å². The Morgan fingerprint density at radius 3 is 2.82 bits per heavy atom. The molecule has 1 amide bonds. The van der Waals surface area contributed by atoms with Crippen molar-refractivity contribution in [2.24, 2.45) is 0 Å². The monoisotopic (exact) mass is 250 g/mol. The maximum atomic E-state index is 11.7. The van der Waals surface area contributed by atoms with Gasteiger partial charge in [-0.15, -0.1) is 0 Å². The third-order valence-corrected chi connectivity index (χ3v) is 3.93. The summed E-state index contributed by atoms with van der Waals surface area (Å²) in [6.45, 7) is 0.432. The molecule has 0 bridgehead atoms. The Morgan fingerprint density at radius 1 is 1.29 bits per heavy atom.